The van der Waals surface area contributed by atoms with Crippen molar-refractivity contribution in [2.24, 2.45) is 5.41 Å². The average molecular weight is 226 g/mol. The first kappa shape index (κ1) is 12.7. The molecule has 0 saturated heterocycles. The Morgan fingerprint density at radius 1 is 1.19 bits per heavy atom. The van der Waals surface area contributed by atoms with E-state index in [9.17, 15) is 14.7 Å². The fourth-order valence-corrected chi connectivity index (χ4v) is 2.70. The molecule has 4 nitrogen and oxygen atoms in total. The van der Waals surface area contributed by atoms with Crippen molar-refractivity contribution in [3.63, 3.8) is 0 Å². The van der Waals surface area contributed by atoms with Crippen LogP contribution >= 0.6 is 0 Å². The summed E-state index contributed by atoms with van der Waals surface area (Å²) in [7, 11) is 0. The molecule has 0 radical (unpaired) electrons. The van der Waals surface area contributed by atoms with Crippen LogP contribution in [0.5, 0.6) is 0 Å². The van der Waals surface area contributed by atoms with Crippen molar-refractivity contribution in [2.45, 2.75) is 46.0 Å². The highest BCUT2D eigenvalue weighted by Crippen LogP contribution is 2.46. The van der Waals surface area contributed by atoms with E-state index in [-0.39, 0.29) is 11.1 Å². The lowest BCUT2D eigenvalue weighted by Crippen LogP contribution is -2.32. The lowest BCUT2D eigenvalue weighted by Gasteiger charge is -2.37. The largest absolute Gasteiger partial charge is 0.478 e. The van der Waals surface area contributed by atoms with Gasteiger partial charge >= 0.3 is 11.9 Å². The molecular weight excluding hydrogens is 208 g/mol. The van der Waals surface area contributed by atoms with Crippen LogP contribution in [0.1, 0.15) is 46.0 Å². The van der Waals surface area contributed by atoms with Crippen LogP contribution < -0.4 is 0 Å². The fraction of sp³-hybridized carbons (Fsp3) is 0.667. The van der Waals surface area contributed by atoms with Crippen molar-refractivity contribution in [2.75, 3.05) is 0 Å². The Morgan fingerprint density at radius 3 is 2.12 bits per heavy atom. The molecule has 0 bridgehead atoms. The monoisotopic (exact) mass is 226 g/mol. The van der Waals surface area contributed by atoms with Crippen molar-refractivity contribution >= 4 is 11.9 Å². The van der Waals surface area contributed by atoms with E-state index in [1.807, 2.05) is 13.8 Å². The second-order valence-corrected chi connectivity index (χ2v) is 4.30. The zero-order valence-electron chi connectivity index (χ0n) is 9.75. The Morgan fingerprint density at radius 2 is 1.75 bits per heavy atom. The van der Waals surface area contributed by atoms with Crippen LogP contribution in [-0.4, -0.2) is 22.2 Å². The van der Waals surface area contributed by atoms with Crippen LogP contribution in [-0.2, 0) is 9.59 Å². The molecule has 0 unspecified atom stereocenters. The molecule has 16 heavy (non-hydrogen) atoms. The van der Waals surface area contributed by atoms with Crippen LogP contribution in [0.15, 0.2) is 11.1 Å². The fourth-order valence-electron chi connectivity index (χ4n) is 2.70. The highest BCUT2D eigenvalue weighted by Gasteiger charge is 2.41. The second-order valence-electron chi connectivity index (χ2n) is 4.30. The van der Waals surface area contributed by atoms with E-state index in [1.54, 1.807) is 0 Å². The van der Waals surface area contributed by atoms with Gasteiger partial charge in [0, 0.05) is 11.0 Å². The molecule has 0 amide bonds. The van der Waals surface area contributed by atoms with Gasteiger partial charge in [-0.3, -0.25) is 0 Å². The second kappa shape index (κ2) is 4.68. The minimum absolute atomic E-state index is 0.0995. The van der Waals surface area contributed by atoms with E-state index in [2.05, 4.69) is 0 Å². The molecular formula is C12H18O4. The highest BCUT2D eigenvalue weighted by atomic mass is 16.4. The summed E-state index contributed by atoms with van der Waals surface area (Å²) >= 11 is 0. The van der Waals surface area contributed by atoms with Gasteiger partial charge in [0.2, 0.25) is 0 Å². The zero-order chi connectivity index (χ0) is 12.3. The van der Waals surface area contributed by atoms with Crippen molar-refractivity contribution in [3.8, 4) is 0 Å². The summed E-state index contributed by atoms with van der Waals surface area (Å²) in [4.78, 5) is 22.3. The molecule has 2 N–H and O–H groups in total. The molecule has 0 aromatic carbocycles. The number of rotatable bonds is 4. The first-order chi connectivity index (χ1) is 7.48. The predicted molar refractivity (Wildman–Crippen MR) is 59.2 cm³/mol. The Hall–Kier alpha value is -1.32. The van der Waals surface area contributed by atoms with Crippen molar-refractivity contribution in [1.82, 2.24) is 0 Å². The van der Waals surface area contributed by atoms with Crippen LogP contribution in [0.2, 0.25) is 0 Å². The Bertz CT molecular complexity index is 337. The minimum Gasteiger partial charge on any atom is -0.478 e. The average Bonchev–Trinajstić information content (AvgIpc) is 2.27. The summed E-state index contributed by atoms with van der Waals surface area (Å²) in [6.07, 6.45) is 3.28. The van der Waals surface area contributed by atoms with Gasteiger partial charge in [0.25, 0.3) is 0 Å². The van der Waals surface area contributed by atoms with Crippen LogP contribution in [0.25, 0.3) is 0 Å². The lowest BCUT2D eigenvalue weighted by molar-refractivity contribution is -0.137. The van der Waals surface area contributed by atoms with Crippen molar-refractivity contribution in [1.29, 1.82) is 0 Å². The normalized spacial score (nSPS) is 19.6. The third-order valence-corrected chi connectivity index (χ3v) is 3.74. The predicted octanol–water partition coefficient (Wildman–Crippen LogP) is 2.44. The molecule has 0 atom stereocenters. The van der Waals surface area contributed by atoms with Gasteiger partial charge in [0.1, 0.15) is 0 Å². The standard InChI is InChI=1S/C12H18O4/c1-3-12(4-2)7-5-6-8(10(13)14)9(12)11(15)16/h3-7H2,1-2H3,(H,13,14)(H,15,16). The molecule has 0 aromatic heterocycles. The molecule has 0 aliphatic heterocycles. The first-order valence-corrected chi connectivity index (χ1v) is 5.68. The third kappa shape index (κ3) is 1.96. The van der Waals surface area contributed by atoms with E-state index >= 15 is 0 Å². The van der Waals surface area contributed by atoms with E-state index in [0.717, 1.165) is 12.8 Å². The van der Waals surface area contributed by atoms with Gasteiger partial charge in [-0.2, -0.15) is 0 Å². The lowest BCUT2D eigenvalue weighted by atomic mass is 9.66. The molecule has 0 saturated carbocycles. The van der Waals surface area contributed by atoms with Gasteiger partial charge in [-0.15, -0.1) is 0 Å². The summed E-state index contributed by atoms with van der Waals surface area (Å²) < 4.78 is 0. The summed E-state index contributed by atoms with van der Waals surface area (Å²) in [5.74, 6) is -2.15. The minimum atomic E-state index is -1.08. The quantitative estimate of drug-likeness (QED) is 0.772. The number of carboxylic acids is 2. The molecule has 4 heteroatoms. The Labute approximate surface area is 95.0 Å². The number of aliphatic carboxylic acids is 2. The molecule has 0 fully saturated rings. The maximum Gasteiger partial charge on any atom is 0.332 e. The van der Waals surface area contributed by atoms with Gasteiger partial charge in [0.05, 0.1) is 5.57 Å². The molecule has 1 aliphatic carbocycles. The number of hydrogen-bond donors (Lipinski definition) is 2. The highest BCUT2D eigenvalue weighted by molar-refractivity contribution is 6.00. The topological polar surface area (TPSA) is 74.6 Å². The first-order valence-electron chi connectivity index (χ1n) is 5.68. The summed E-state index contributed by atoms with van der Waals surface area (Å²) in [5, 5.41) is 18.3. The van der Waals surface area contributed by atoms with Crippen LogP contribution in [0.3, 0.4) is 0 Å². The smallest absolute Gasteiger partial charge is 0.332 e. The zero-order valence-corrected chi connectivity index (χ0v) is 9.75. The summed E-state index contributed by atoms with van der Waals surface area (Å²) in [6, 6.07) is 0. The number of hydrogen-bond acceptors (Lipinski definition) is 2. The van der Waals surface area contributed by atoms with Gasteiger partial charge in [0.15, 0.2) is 0 Å². The molecule has 0 aromatic rings. The van der Waals surface area contributed by atoms with E-state index in [1.165, 1.54) is 0 Å². The third-order valence-electron chi connectivity index (χ3n) is 3.74. The SMILES string of the molecule is CCC1(CC)CCCC(C(=O)O)=C1C(=O)O. The molecule has 0 spiro atoms. The van der Waals surface area contributed by atoms with Gasteiger partial charge < -0.3 is 10.2 Å². The maximum atomic E-state index is 11.3. The molecule has 1 rings (SSSR count). The van der Waals surface area contributed by atoms with Crippen LogP contribution in [0, 0.1) is 5.41 Å². The van der Waals surface area contributed by atoms with Gasteiger partial charge in [-0.1, -0.05) is 13.8 Å². The van der Waals surface area contributed by atoms with Crippen LogP contribution in [0.4, 0.5) is 0 Å². The van der Waals surface area contributed by atoms with E-state index in [4.69, 9.17) is 5.11 Å². The Kier molecular flexibility index (Phi) is 3.73. The van der Waals surface area contributed by atoms with E-state index < -0.39 is 17.4 Å². The van der Waals surface area contributed by atoms with Gasteiger partial charge in [-0.25, -0.2) is 9.59 Å². The molecule has 1 aliphatic rings. The summed E-state index contributed by atoms with van der Waals surface area (Å²) in [6.45, 7) is 3.86. The van der Waals surface area contributed by atoms with Crippen molar-refractivity contribution < 1.29 is 19.8 Å². The molecule has 90 valence electrons. The van der Waals surface area contributed by atoms with Gasteiger partial charge in [-0.05, 0) is 32.1 Å². The van der Waals surface area contributed by atoms with E-state index in [0.29, 0.717) is 19.3 Å². The maximum absolute atomic E-state index is 11.3. The number of carboxylic acid groups (broad SMARTS) is 2. The molecule has 0 heterocycles. The van der Waals surface area contributed by atoms with Crippen molar-refractivity contribution in [3.05, 3.63) is 11.1 Å². The summed E-state index contributed by atoms with van der Waals surface area (Å²) in [5.41, 5.74) is -0.212. The number of carbonyl (C=O) groups is 2. The Balaban J connectivity index is 3.36.